The lowest BCUT2D eigenvalue weighted by molar-refractivity contribution is -0.147. The molecule has 8 rings (SSSR count). The molecule has 3 atom stereocenters. The molecule has 1 aromatic heterocycles. The lowest BCUT2D eigenvalue weighted by atomic mass is 9.86. The number of aliphatic hydroxyl groups excluding tert-OH is 1. The summed E-state index contributed by atoms with van der Waals surface area (Å²) < 4.78 is 17.2. The van der Waals surface area contributed by atoms with Gasteiger partial charge in [-0.25, -0.2) is 9.59 Å². The van der Waals surface area contributed by atoms with Gasteiger partial charge in [-0.2, -0.15) is 0 Å². The van der Waals surface area contributed by atoms with Crippen molar-refractivity contribution >= 4 is 23.0 Å². The van der Waals surface area contributed by atoms with Crippen LogP contribution >= 0.6 is 0 Å². The van der Waals surface area contributed by atoms with Crippen LogP contribution in [-0.4, -0.2) is 77.6 Å². The number of fused-ring (bicyclic) bond motifs is 4. The van der Waals surface area contributed by atoms with Crippen LogP contribution in [0.3, 0.4) is 0 Å². The Labute approximate surface area is 319 Å². The smallest absolute Gasteiger partial charge is 0.408 e. The standard InChI is InChI=1S/C43H46N4O8/c48-36-15-13-34(35-14-16-39(50)45-42(35)36)37(49)24-44-20-17-28-9-11-29(12-10-28)26-54-40(51)27-53-33-8-4-7-32(23-33)41(31-5-2-1-3-6-31)46-43(52)55-38-25-47-21-18-30(38)19-22-47/h1-16,23,30,37-38,41,44,48-49H,17-22,24-27H2,(H,45,50)(H,46,52)/t37-,38-,41?/m0/s1. The van der Waals surface area contributed by atoms with Crippen LogP contribution in [0.1, 0.15) is 52.8 Å². The van der Waals surface area contributed by atoms with Crippen molar-refractivity contribution in [1.82, 2.24) is 20.5 Å². The summed E-state index contributed by atoms with van der Waals surface area (Å²) in [6.07, 6.45) is 1.42. The molecule has 5 aromatic rings. The number of aliphatic hydroxyl groups is 1. The number of aromatic hydroxyl groups is 1. The first kappa shape index (κ1) is 37.6. The number of carbonyl (C=O) groups is 2. The molecule has 0 aliphatic carbocycles. The summed E-state index contributed by atoms with van der Waals surface area (Å²) in [5, 5.41) is 27.8. The van der Waals surface area contributed by atoms with Crippen molar-refractivity contribution in [3.8, 4) is 11.5 Å². The number of rotatable bonds is 15. The summed E-state index contributed by atoms with van der Waals surface area (Å²) in [6, 6.07) is 30.3. The van der Waals surface area contributed by atoms with Gasteiger partial charge in [0.15, 0.2) is 6.61 Å². The predicted molar refractivity (Wildman–Crippen MR) is 207 cm³/mol. The topological polar surface area (TPSA) is 162 Å². The molecule has 55 heavy (non-hydrogen) atoms. The average molecular weight is 747 g/mol. The number of hydrogen-bond acceptors (Lipinski definition) is 10. The summed E-state index contributed by atoms with van der Waals surface area (Å²) in [7, 11) is 0. The quantitative estimate of drug-likeness (QED) is 0.0718. The number of hydrogen-bond donors (Lipinski definition) is 5. The van der Waals surface area contributed by atoms with Crippen LogP contribution in [-0.2, 0) is 27.3 Å². The second-order valence-corrected chi connectivity index (χ2v) is 14.2. The van der Waals surface area contributed by atoms with E-state index in [1.165, 1.54) is 12.1 Å². The Hall–Kier alpha value is -5.69. The SMILES string of the molecule is O=C(COc1cccc(C(NC(=O)O[C@H]2CN3CCC2CC3)c2ccccc2)c1)OCc1ccc(CCNC[C@H](O)c2ccc(O)c3[nH]c(=O)ccc23)cc1. The van der Waals surface area contributed by atoms with Crippen molar-refractivity contribution in [2.45, 2.75) is 44.1 Å². The molecule has 286 valence electrons. The van der Waals surface area contributed by atoms with Crippen molar-refractivity contribution in [2.24, 2.45) is 5.92 Å². The van der Waals surface area contributed by atoms with Crippen LogP contribution in [0.2, 0.25) is 0 Å². The molecule has 1 amide bonds. The van der Waals surface area contributed by atoms with Crippen LogP contribution in [0.25, 0.3) is 10.9 Å². The van der Waals surface area contributed by atoms with Crippen molar-refractivity contribution in [2.75, 3.05) is 39.3 Å². The third-order valence-electron chi connectivity index (χ3n) is 10.4. The minimum absolute atomic E-state index is 0.0495. The van der Waals surface area contributed by atoms with E-state index in [-0.39, 0.29) is 37.2 Å². The molecule has 4 heterocycles. The number of alkyl carbamates (subject to hydrolysis) is 1. The Morgan fingerprint density at radius 2 is 1.65 bits per heavy atom. The zero-order valence-corrected chi connectivity index (χ0v) is 30.5. The number of phenolic OH excluding ortho intramolecular Hbond substituents is 1. The van der Waals surface area contributed by atoms with Crippen LogP contribution < -0.4 is 20.9 Å². The Morgan fingerprint density at radius 1 is 0.891 bits per heavy atom. The number of H-pyrrole nitrogens is 1. The first-order valence-corrected chi connectivity index (χ1v) is 18.7. The molecule has 3 aliphatic rings. The number of esters is 1. The Kier molecular flexibility index (Phi) is 12.1. The van der Waals surface area contributed by atoms with Crippen molar-refractivity contribution in [3.63, 3.8) is 0 Å². The first-order valence-electron chi connectivity index (χ1n) is 18.7. The molecule has 12 heteroatoms. The van der Waals surface area contributed by atoms with Gasteiger partial charge in [0.2, 0.25) is 5.56 Å². The fourth-order valence-corrected chi connectivity index (χ4v) is 7.40. The van der Waals surface area contributed by atoms with Gasteiger partial charge in [-0.05, 0) is 96.9 Å². The third-order valence-corrected chi connectivity index (χ3v) is 10.4. The molecular formula is C43H46N4O8. The Morgan fingerprint density at radius 3 is 2.42 bits per heavy atom. The molecule has 0 radical (unpaired) electrons. The fourth-order valence-electron chi connectivity index (χ4n) is 7.40. The van der Waals surface area contributed by atoms with Crippen LogP contribution in [0.15, 0.2) is 108 Å². The number of nitrogens with one attached hydrogen (secondary N) is 3. The van der Waals surface area contributed by atoms with Gasteiger partial charge >= 0.3 is 12.1 Å². The number of aromatic nitrogens is 1. The molecule has 12 nitrogen and oxygen atoms in total. The van der Waals surface area contributed by atoms with E-state index in [1.807, 2.05) is 72.8 Å². The number of amides is 1. The zero-order valence-electron chi connectivity index (χ0n) is 30.5. The number of ether oxygens (including phenoxy) is 3. The monoisotopic (exact) mass is 746 g/mol. The fraction of sp³-hybridized carbons (Fsp3) is 0.326. The predicted octanol–water partition coefficient (Wildman–Crippen LogP) is 5.13. The Bertz CT molecular complexity index is 2130. The highest BCUT2D eigenvalue weighted by atomic mass is 16.6. The number of piperidine rings is 3. The van der Waals surface area contributed by atoms with E-state index in [4.69, 9.17) is 14.2 Å². The Balaban J connectivity index is 0.856. The number of aromatic amines is 1. The molecular weight excluding hydrogens is 700 g/mol. The second kappa shape index (κ2) is 17.6. The number of carbonyl (C=O) groups excluding carboxylic acids is 2. The molecule has 0 saturated carbocycles. The van der Waals surface area contributed by atoms with E-state index in [1.54, 1.807) is 18.2 Å². The number of pyridine rings is 1. The van der Waals surface area contributed by atoms with E-state index in [2.05, 4.69) is 20.5 Å². The summed E-state index contributed by atoms with van der Waals surface area (Å²) in [6.45, 7) is 3.63. The van der Waals surface area contributed by atoms with Gasteiger partial charge in [0, 0.05) is 24.5 Å². The molecule has 0 spiro atoms. The van der Waals surface area contributed by atoms with Crippen LogP contribution in [0, 0.1) is 5.92 Å². The first-order chi connectivity index (χ1) is 26.8. The number of nitrogens with zero attached hydrogens (tertiary/aromatic N) is 1. The lowest BCUT2D eigenvalue weighted by Crippen LogP contribution is -2.52. The molecule has 2 bridgehead atoms. The van der Waals surface area contributed by atoms with E-state index in [0.717, 1.165) is 54.7 Å². The van der Waals surface area contributed by atoms with Gasteiger partial charge in [0.1, 0.15) is 24.2 Å². The maximum absolute atomic E-state index is 13.2. The summed E-state index contributed by atoms with van der Waals surface area (Å²) in [4.78, 5) is 42.4. The molecule has 3 saturated heterocycles. The van der Waals surface area contributed by atoms with Gasteiger partial charge in [0.05, 0.1) is 17.7 Å². The van der Waals surface area contributed by atoms with Gasteiger partial charge in [-0.15, -0.1) is 0 Å². The van der Waals surface area contributed by atoms with Gasteiger partial charge in [-0.3, -0.25) is 9.69 Å². The second-order valence-electron chi connectivity index (χ2n) is 14.2. The largest absolute Gasteiger partial charge is 0.506 e. The highest BCUT2D eigenvalue weighted by Crippen LogP contribution is 2.31. The maximum atomic E-state index is 13.2. The summed E-state index contributed by atoms with van der Waals surface area (Å²) in [5.74, 6) is 0.316. The number of benzene rings is 4. The lowest BCUT2D eigenvalue weighted by Gasteiger charge is -2.43. The minimum Gasteiger partial charge on any atom is -0.506 e. The van der Waals surface area contributed by atoms with Crippen molar-refractivity contribution < 1.29 is 34.0 Å². The summed E-state index contributed by atoms with van der Waals surface area (Å²) >= 11 is 0. The van der Waals surface area contributed by atoms with Crippen molar-refractivity contribution in [3.05, 3.63) is 141 Å². The number of phenols is 1. The molecule has 5 N–H and O–H groups in total. The molecule has 4 aromatic carbocycles. The molecule has 3 fully saturated rings. The minimum atomic E-state index is -0.836. The van der Waals surface area contributed by atoms with E-state index >= 15 is 0 Å². The van der Waals surface area contributed by atoms with Crippen molar-refractivity contribution in [1.29, 1.82) is 0 Å². The molecule has 3 aliphatic heterocycles. The van der Waals surface area contributed by atoms with E-state index < -0.39 is 24.2 Å². The highest BCUT2D eigenvalue weighted by Gasteiger charge is 2.37. The van der Waals surface area contributed by atoms with E-state index in [9.17, 15) is 24.6 Å². The van der Waals surface area contributed by atoms with E-state index in [0.29, 0.717) is 41.1 Å². The third kappa shape index (κ3) is 9.71. The average Bonchev–Trinajstić information content (AvgIpc) is 3.21. The van der Waals surface area contributed by atoms with Gasteiger partial charge < -0.3 is 40.0 Å². The zero-order chi connectivity index (χ0) is 38.1. The van der Waals surface area contributed by atoms with Gasteiger partial charge in [0.25, 0.3) is 0 Å². The van der Waals surface area contributed by atoms with Crippen LogP contribution in [0.5, 0.6) is 11.5 Å². The molecule has 1 unspecified atom stereocenters. The maximum Gasteiger partial charge on any atom is 0.408 e. The van der Waals surface area contributed by atoms with Gasteiger partial charge in [-0.1, -0.05) is 72.8 Å². The summed E-state index contributed by atoms with van der Waals surface area (Å²) in [5.41, 5.74) is 4.17. The highest BCUT2D eigenvalue weighted by molar-refractivity contribution is 5.87. The van der Waals surface area contributed by atoms with Crippen LogP contribution in [0.4, 0.5) is 4.79 Å². The normalized spacial score (nSPS) is 18.7.